The van der Waals surface area contributed by atoms with Crippen molar-refractivity contribution in [1.82, 2.24) is 14.5 Å². The Balaban J connectivity index is 1.78. The molecule has 2 aliphatic rings. The fourth-order valence-electron chi connectivity index (χ4n) is 2.66. The fraction of sp³-hybridized carbons (Fsp3) is 1.00. The van der Waals surface area contributed by atoms with E-state index >= 15 is 0 Å². The first-order valence-corrected chi connectivity index (χ1v) is 8.76. The molecule has 1 heterocycles. The molecule has 0 spiro atoms. The summed E-state index contributed by atoms with van der Waals surface area (Å²) in [4.78, 5) is 2.40. The Kier molecular flexibility index (Phi) is 4.64. The summed E-state index contributed by atoms with van der Waals surface area (Å²) in [6.07, 6.45) is 4.00. The van der Waals surface area contributed by atoms with Gasteiger partial charge in [0.05, 0.1) is 6.26 Å². The Labute approximate surface area is 111 Å². The Morgan fingerprint density at radius 3 is 2.28 bits per heavy atom. The maximum atomic E-state index is 11.4. The van der Waals surface area contributed by atoms with E-state index in [9.17, 15) is 8.42 Å². The van der Waals surface area contributed by atoms with Crippen molar-refractivity contribution >= 4 is 10.0 Å². The highest BCUT2D eigenvalue weighted by Crippen LogP contribution is 2.33. The molecule has 0 radical (unpaired) electrons. The van der Waals surface area contributed by atoms with Crippen LogP contribution in [-0.2, 0) is 10.0 Å². The summed E-state index contributed by atoms with van der Waals surface area (Å²) in [5.74, 6) is 0.845. The van der Waals surface area contributed by atoms with Crippen LogP contribution in [0.25, 0.3) is 0 Å². The van der Waals surface area contributed by atoms with Gasteiger partial charge in [-0.25, -0.2) is 8.42 Å². The molecule has 1 N–H and O–H groups in total. The van der Waals surface area contributed by atoms with E-state index in [1.54, 1.807) is 4.31 Å². The average molecular weight is 275 g/mol. The van der Waals surface area contributed by atoms with Crippen molar-refractivity contribution in [2.24, 2.45) is 5.92 Å². The molecule has 1 atom stereocenters. The lowest BCUT2D eigenvalue weighted by Crippen LogP contribution is -2.52. The van der Waals surface area contributed by atoms with Gasteiger partial charge in [-0.15, -0.1) is 0 Å². The van der Waals surface area contributed by atoms with Crippen molar-refractivity contribution in [3.8, 4) is 0 Å². The van der Waals surface area contributed by atoms with Gasteiger partial charge in [-0.1, -0.05) is 6.92 Å². The normalized spacial score (nSPS) is 25.2. The van der Waals surface area contributed by atoms with Crippen molar-refractivity contribution in [2.75, 3.05) is 45.5 Å². The second-order valence-electron chi connectivity index (χ2n) is 5.46. The lowest BCUT2D eigenvalue weighted by atomic mass is 10.1. The standard InChI is InChI=1S/C12H25N3O2S/c1-3-13-12(11-4-5-11)10-14-6-8-15(9-7-14)18(2,16)17/h11-13H,3-10H2,1-2H3. The van der Waals surface area contributed by atoms with E-state index < -0.39 is 10.0 Å². The van der Waals surface area contributed by atoms with Crippen LogP contribution in [0, 0.1) is 5.92 Å². The predicted octanol–water partition coefficient (Wildman–Crippen LogP) is -0.0483. The van der Waals surface area contributed by atoms with Crippen molar-refractivity contribution in [1.29, 1.82) is 0 Å². The lowest BCUT2D eigenvalue weighted by Gasteiger charge is -2.35. The van der Waals surface area contributed by atoms with Crippen LogP contribution in [0.15, 0.2) is 0 Å². The summed E-state index contributed by atoms with van der Waals surface area (Å²) >= 11 is 0. The first-order chi connectivity index (χ1) is 8.50. The Bertz CT molecular complexity index is 360. The van der Waals surface area contributed by atoms with Crippen molar-refractivity contribution in [3.63, 3.8) is 0 Å². The van der Waals surface area contributed by atoms with Gasteiger partial charge in [0.25, 0.3) is 0 Å². The maximum absolute atomic E-state index is 11.4. The molecular weight excluding hydrogens is 250 g/mol. The molecule has 0 aromatic heterocycles. The quantitative estimate of drug-likeness (QED) is 0.738. The van der Waals surface area contributed by atoms with Crippen molar-refractivity contribution in [3.05, 3.63) is 0 Å². The second-order valence-corrected chi connectivity index (χ2v) is 7.45. The number of piperazine rings is 1. The molecule has 0 amide bonds. The van der Waals surface area contributed by atoms with Crippen LogP contribution in [0.4, 0.5) is 0 Å². The monoisotopic (exact) mass is 275 g/mol. The number of hydrogen-bond acceptors (Lipinski definition) is 4. The smallest absolute Gasteiger partial charge is 0.211 e. The van der Waals surface area contributed by atoms with Crippen LogP contribution in [0.2, 0.25) is 0 Å². The largest absolute Gasteiger partial charge is 0.313 e. The van der Waals surface area contributed by atoms with E-state index in [0.717, 1.165) is 32.1 Å². The fourth-order valence-corrected chi connectivity index (χ4v) is 3.49. The van der Waals surface area contributed by atoms with Gasteiger partial charge < -0.3 is 5.32 Å². The van der Waals surface area contributed by atoms with E-state index in [-0.39, 0.29) is 0 Å². The summed E-state index contributed by atoms with van der Waals surface area (Å²) in [6, 6.07) is 0.597. The van der Waals surface area contributed by atoms with Crippen molar-refractivity contribution in [2.45, 2.75) is 25.8 Å². The molecule has 6 heteroatoms. The molecule has 2 fully saturated rings. The molecule has 0 aromatic rings. The van der Waals surface area contributed by atoms with Gasteiger partial charge in [-0.3, -0.25) is 4.90 Å². The number of likely N-dealkylation sites (N-methyl/N-ethyl adjacent to an activating group) is 1. The van der Waals surface area contributed by atoms with Gasteiger partial charge in [-0.05, 0) is 25.3 Å². The number of hydrogen-bond donors (Lipinski definition) is 1. The van der Waals surface area contributed by atoms with E-state index in [0.29, 0.717) is 19.1 Å². The second kappa shape index (κ2) is 5.86. The zero-order valence-electron chi connectivity index (χ0n) is 11.4. The molecule has 0 aromatic carbocycles. The van der Waals surface area contributed by atoms with E-state index in [4.69, 9.17) is 0 Å². The molecule has 2 rings (SSSR count). The first-order valence-electron chi connectivity index (χ1n) is 6.91. The van der Waals surface area contributed by atoms with Gasteiger partial charge in [0.15, 0.2) is 0 Å². The SMILES string of the molecule is CCNC(CN1CCN(S(C)(=O)=O)CC1)C1CC1. The molecule has 5 nitrogen and oxygen atoms in total. The average Bonchev–Trinajstić information content (AvgIpc) is 3.12. The van der Waals surface area contributed by atoms with E-state index in [2.05, 4.69) is 17.1 Å². The van der Waals surface area contributed by atoms with Crippen LogP contribution in [0.1, 0.15) is 19.8 Å². The zero-order valence-corrected chi connectivity index (χ0v) is 12.2. The molecule has 1 saturated heterocycles. The summed E-state index contributed by atoms with van der Waals surface area (Å²) in [5.41, 5.74) is 0. The highest BCUT2D eigenvalue weighted by molar-refractivity contribution is 7.88. The Hall–Kier alpha value is -0.170. The molecule has 1 unspecified atom stereocenters. The highest BCUT2D eigenvalue weighted by atomic mass is 32.2. The minimum atomic E-state index is -3.00. The summed E-state index contributed by atoms with van der Waals surface area (Å²) in [6.45, 7) is 7.24. The predicted molar refractivity (Wildman–Crippen MR) is 73.0 cm³/mol. The highest BCUT2D eigenvalue weighted by Gasteiger charge is 2.33. The molecule has 1 aliphatic heterocycles. The lowest BCUT2D eigenvalue weighted by molar-refractivity contribution is 0.168. The number of rotatable bonds is 6. The molecule has 18 heavy (non-hydrogen) atoms. The molecule has 1 saturated carbocycles. The summed E-state index contributed by atoms with van der Waals surface area (Å²) in [7, 11) is -3.00. The topological polar surface area (TPSA) is 52.6 Å². The minimum Gasteiger partial charge on any atom is -0.313 e. The van der Waals surface area contributed by atoms with Crippen LogP contribution < -0.4 is 5.32 Å². The van der Waals surface area contributed by atoms with Crippen LogP contribution in [0.3, 0.4) is 0 Å². The van der Waals surface area contributed by atoms with Crippen LogP contribution >= 0.6 is 0 Å². The summed E-state index contributed by atoms with van der Waals surface area (Å²) in [5, 5.41) is 3.56. The summed E-state index contributed by atoms with van der Waals surface area (Å²) < 4.78 is 24.4. The van der Waals surface area contributed by atoms with Gasteiger partial charge >= 0.3 is 0 Å². The Morgan fingerprint density at radius 2 is 1.83 bits per heavy atom. The van der Waals surface area contributed by atoms with Crippen LogP contribution in [-0.4, -0.2) is 69.2 Å². The van der Waals surface area contributed by atoms with Crippen LogP contribution in [0.5, 0.6) is 0 Å². The first kappa shape index (κ1) is 14.2. The maximum Gasteiger partial charge on any atom is 0.211 e. The van der Waals surface area contributed by atoms with Gasteiger partial charge in [0.1, 0.15) is 0 Å². The van der Waals surface area contributed by atoms with E-state index in [1.807, 2.05) is 0 Å². The third-order valence-corrected chi connectivity index (χ3v) is 5.22. The minimum absolute atomic E-state index is 0.597. The number of nitrogens with zero attached hydrogens (tertiary/aromatic N) is 2. The molecule has 0 bridgehead atoms. The molecule has 106 valence electrons. The molecular formula is C12H25N3O2S. The van der Waals surface area contributed by atoms with Crippen molar-refractivity contribution < 1.29 is 8.42 Å². The molecule has 1 aliphatic carbocycles. The van der Waals surface area contributed by atoms with E-state index in [1.165, 1.54) is 19.1 Å². The Morgan fingerprint density at radius 1 is 1.22 bits per heavy atom. The third-order valence-electron chi connectivity index (χ3n) is 3.91. The van der Waals surface area contributed by atoms with Gasteiger partial charge in [0, 0.05) is 38.8 Å². The zero-order chi connectivity index (χ0) is 13.2. The van der Waals surface area contributed by atoms with Gasteiger partial charge in [0.2, 0.25) is 10.0 Å². The third kappa shape index (κ3) is 3.91. The van der Waals surface area contributed by atoms with Gasteiger partial charge in [-0.2, -0.15) is 4.31 Å². The number of nitrogens with one attached hydrogen (secondary N) is 1. The number of sulfonamides is 1.